The third-order valence-electron chi connectivity index (χ3n) is 1.35. The molecule has 7 heteroatoms. The number of nitrogens with two attached hydrogens (primary N) is 1. The van der Waals surface area contributed by atoms with Crippen LogP contribution >= 0.6 is 0 Å². The molecule has 0 heterocycles. The standard InChI is InChI=1S/C6H14N2O4S/c1-3-5(12-4-2)8(6(7)9)13(10)11/h5H,3-4H2,1-2H3,(H2,7,9)(H,10,11)/p-1. The highest BCUT2D eigenvalue weighted by Crippen LogP contribution is 2.07. The molecular weight excluding hydrogens is 196 g/mol. The van der Waals surface area contributed by atoms with Crippen LogP contribution in [-0.4, -0.2) is 31.9 Å². The van der Waals surface area contributed by atoms with Crippen LogP contribution in [0.4, 0.5) is 4.79 Å². The molecule has 0 aliphatic carbocycles. The predicted octanol–water partition coefficient (Wildman–Crippen LogP) is -0.0662. The van der Waals surface area contributed by atoms with Gasteiger partial charge in [0.15, 0.2) is 0 Å². The number of nitrogens with zero attached hydrogens (tertiary/aromatic N) is 1. The summed E-state index contributed by atoms with van der Waals surface area (Å²) in [5.74, 6) is 0. The highest BCUT2D eigenvalue weighted by Gasteiger charge is 2.21. The van der Waals surface area contributed by atoms with Gasteiger partial charge in [-0.1, -0.05) is 6.92 Å². The van der Waals surface area contributed by atoms with E-state index >= 15 is 0 Å². The van der Waals surface area contributed by atoms with Gasteiger partial charge >= 0.3 is 6.03 Å². The van der Waals surface area contributed by atoms with E-state index in [2.05, 4.69) is 0 Å². The molecule has 0 saturated heterocycles. The van der Waals surface area contributed by atoms with Gasteiger partial charge in [0, 0.05) is 6.61 Å². The first-order chi connectivity index (χ1) is 6.04. The van der Waals surface area contributed by atoms with Crippen molar-refractivity contribution in [2.45, 2.75) is 26.5 Å². The quantitative estimate of drug-likeness (QED) is 0.506. The van der Waals surface area contributed by atoms with Gasteiger partial charge in [-0.3, -0.25) is 4.21 Å². The Balaban J connectivity index is 4.48. The lowest BCUT2D eigenvalue weighted by Gasteiger charge is -2.29. The average Bonchev–Trinajstić information content (AvgIpc) is 2.02. The monoisotopic (exact) mass is 209 g/mol. The fourth-order valence-corrected chi connectivity index (χ4v) is 1.40. The van der Waals surface area contributed by atoms with Gasteiger partial charge in [0.2, 0.25) is 0 Å². The van der Waals surface area contributed by atoms with Crippen LogP contribution in [0.2, 0.25) is 0 Å². The van der Waals surface area contributed by atoms with E-state index in [4.69, 9.17) is 10.5 Å². The highest BCUT2D eigenvalue weighted by atomic mass is 32.2. The van der Waals surface area contributed by atoms with Gasteiger partial charge in [-0.2, -0.15) is 0 Å². The van der Waals surface area contributed by atoms with Crippen LogP contribution in [0.5, 0.6) is 0 Å². The molecular formula is C6H13N2O4S-. The van der Waals surface area contributed by atoms with Crippen LogP contribution in [-0.2, 0) is 16.0 Å². The van der Waals surface area contributed by atoms with Crippen LogP contribution in [0, 0.1) is 0 Å². The zero-order valence-electron chi connectivity index (χ0n) is 7.56. The van der Waals surface area contributed by atoms with E-state index in [1.165, 1.54) is 0 Å². The van der Waals surface area contributed by atoms with Crippen LogP contribution in [0.25, 0.3) is 0 Å². The third kappa shape index (κ3) is 3.71. The van der Waals surface area contributed by atoms with Crippen molar-refractivity contribution in [3.63, 3.8) is 0 Å². The molecule has 6 nitrogen and oxygen atoms in total. The number of ether oxygens (including phenoxy) is 1. The first kappa shape index (κ1) is 12.3. The van der Waals surface area contributed by atoms with Crippen molar-refractivity contribution in [1.29, 1.82) is 0 Å². The Labute approximate surface area is 79.5 Å². The molecule has 2 unspecified atom stereocenters. The van der Waals surface area contributed by atoms with E-state index in [1.807, 2.05) is 0 Å². The highest BCUT2D eigenvalue weighted by molar-refractivity contribution is 7.77. The normalized spacial score (nSPS) is 15.0. The minimum Gasteiger partial charge on any atom is -0.755 e. The SMILES string of the molecule is CCOC(CC)N(C(N)=O)S(=O)[O-]. The molecule has 0 fully saturated rings. The second-order valence-electron chi connectivity index (χ2n) is 2.20. The number of carbonyl (C=O) groups excluding carboxylic acids is 1. The van der Waals surface area contributed by atoms with E-state index < -0.39 is 23.5 Å². The lowest BCUT2D eigenvalue weighted by molar-refractivity contribution is 0.00132. The zero-order chi connectivity index (χ0) is 10.4. The minimum atomic E-state index is -2.68. The van der Waals surface area contributed by atoms with E-state index in [0.29, 0.717) is 17.3 Å². The van der Waals surface area contributed by atoms with Crippen LogP contribution in [0.15, 0.2) is 0 Å². The predicted molar refractivity (Wildman–Crippen MR) is 46.0 cm³/mol. The van der Waals surface area contributed by atoms with Gasteiger partial charge in [0.25, 0.3) is 0 Å². The summed E-state index contributed by atoms with van der Waals surface area (Å²) in [6.07, 6.45) is -0.439. The molecule has 0 aromatic carbocycles. The van der Waals surface area contributed by atoms with E-state index in [1.54, 1.807) is 13.8 Å². The van der Waals surface area contributed by atoms with Gasteiger partial charge in [0.05, 0.1) is 11.3 Å². The summed E-state index contributed by atoms with van der Waals surface area (Å²) >= 11 is -2.68. The van der Waals surface area contributed by atoms with Gasteiger partial charge in [-0.15, -0.1) is 0 Å². The van der Waals surface area contributed by atoms with E-state index in [-0.39, 0.29) is 0 Å². The molecule has 0 rings (SSSR count). The van der Waals surface area contributed by atoms with Crippen molar-refractivity contribution in [3.05, 3.63) is 0 Å². The topological polar surface area (TPSA) is 95.7 Å². The number of carbonyl (C=O) groups is 1. The first-order valence-corrected chi connectivity index (χ1v) is 4.87. The van der Waals surface area contributed by atoms with Crippen LogP contribution in [0.3, 0.4) is 0 Å². The number of primary amides is 1. The smallest absolute Gasteiger partial charge is 0.328 e. The summed E-state index contributed by atoms with van der Waals surface area (Å²) < 4.78 is 26.6. The van der Waals surface area contributed by atoms with Crippen molar-refractivity contribution < 1.29 is 18.3 Å². The first-order valence-electron chi connectivity index (χ1n) is 3.84. The second-order valence-corrected chi connectivity index (χ2v) is 3.03. The summed E-state index contributed by atoms with van der Waals surface area (Å²) in [7, 11) is 0. The third-order valence-corrected chi connectivity index (χ3v) is 2.08. The Bertz CT molecular complexity index is 185. The maximum Gasteiger partial charge on any atom is 0.328 e. The Morgan fingerprint density at radius 3 is 2.46 bits per heavy atom. The summed E-state index contributed by atoms with van der Waals surface area (Å²) in [6, 6.07) is -1.03. The molecule has 0 aliphatic rings. The zero-order valence-corrected chi connectivity index (χ0v) is 8.37. The molecule has 0 bridgehead atoms. The molecule has 0 aromatic rings. The van der Waals surface area contributed by atoms with Crippen LogP contribution < -0.4 is 5.73 Å². The summed E-state index contributed by atoms with van der Waals surface area (Å²) in [5, 5.41) is 0. The van der Waals surface area contributed by atoms with E-state index in [0.717, 1.165) is 0 Å². The molecule has 2 atom stereocenters. The number of hydrogen-bond acceptors (Lipinski definition) is 4. The second kappa shape index (κ2) is 5.90. The van der Waals surface area contributed by atoms with E-state index in [9.17, 15) is 13.6 Å². The lowest BCUT2D eigenvalue weighted by Crippen LogP contribution is -2.45. The largest absolute Gasteiger partial charge is 0.755 e. The molecule has 0 aromatic heterocycles. The average molecular weight is 209 g/mol. The molecule has 2 amide bonds. The Morgan fingerprint density at radius 1 is 1.69 bits per heavy atom. The van der Waals surface area contributed by atoms with Gasteiger partial charge in [0.1, 0.15) is 6.23 Å². The summed E-state index contributed by atoms with van der Waals surface area (Å²) in [4.78, 5) is 10.7. The van der Waals surface area contributed by atoms with Crippen molar-refractivity contribution in [3.8, 4) is 0 Å². The van der Waals surface area contributed by atoms with Crippen molar-refractivity contribution in [1.82, 2.24) is 4.31 Å². The molecule has 0 radical (unpaired) electrons. The Kier molecular flexibility index (Phi) is 5.60. The minimum absolute atomic E-state index is 0.319. The summed E-state index contributed by atoms with van der Waals surface area (Å²) in [5.41, 5.74) is 4.86. The maximum atomic E-state index is 10.7. The maximum absolute atomic E-state index is 10.7. The molecule has 2 N–H and O–H groups in total. The molecule has 0 aliphatic heterocycles. The van der Waals surface area contributed by atoms with Crippen molar-refractivity contribution >= 4 is 17.3 Å². The van der Waals surface area contributed by atoms with Gasteiger partial charge in [-0.05, 0) is 13.3 Å². The van der Waals surface area contributed by atoms with Gasteiger partial charge < -0.3 is 15.0 Å². The summed E-state index contributed by atoms with van der Waals surface area (Å²) in [6.45, 7) is 3.72. The molecule has 0 saturated carbocycles. The van der Waals surface area contributed by atoms with Crippen LogP contribution in [0.1, 0.15) is 20.3 Å². The lowest BCUT2D eigenvalue weighted by atomic mass is 10.4. The number of urea groups is 1. The van der Waals surface area contributed by atoms with Crippen molar-refractivity contribution in [2.75, 3.05) is 6.61 Å². The molecule has 13 heavy (non-hydrogen) atoms. The number of hydrogen-bond donors (Lipinski definition) is 1. The van der Waals surface area contributed by atoms with Crippen molar-refractivity contribution in [2.24, 2.45) is 5.73 Å². The fourth-order valence-electron chi connectivity index (χ4n) is 0.855. The molecule has 78 valence electrons. The Hall–Kier alpha value is -0.660. The van der Waals surface area contributed by atoms with Gasteiger partial charge in [-0.25, -0.2) is 9.10 Å². The fraction of sp³-hybridized carbons (Fsp3) is 0.833. The number of rotatable bonds is 5. The Morgan fingerprint density at radius 2 is 2.23 bits per heavy atom. The number of amides is 2. The molecule has 0 spiro atoms.